The predicted molar refractivity (Wildman–Crippen MR) is 47.2 cm³/mol. The van der Waals surface area contributed by atoms with Crippen molar-refractivity contribution in [2.45, 2.75) is 38.8 Å². The van der Waals surface area contributed by atoms with E-state index in [4.69, 9.17) is 6.42 Å². The maximum atomic E-state index is 9.31. The van der Waals surface area contributed by atoms with Crippen LogP contribution < -0.4 is 5.32 Å². The molecule has 1 unspecified atom stereocenters. The molecule has 0 fully saturated rings. The Morgan fingerprint density at radius 1 is 1.64 bits per heavy atom. The number of rotatable bonds is 4. The zero-order valence-electron chi connectivity index (χ0n) is 7.52. The van der Waals surface area contributed by atoms with E-state index in [0.717, 1.165) is 13.0 Å². The van der Waals surface area contributed by atoms with Crippen LogP contribution in [0.1, 0.15) is 27.2 Å². The summed E-state index contributed by atoms with van der Waals surface area (Å²) in [7, 11) is 0. The third-order valence-electron chi connectivity index (χ3n) is 1.44. The van der Waals surface area contributed by atoms with Crippen LogP contribution in [-0.2, 0) is 0 Å². The number of aliphatic hydroxyl groups is 1. The van der Waals surface area contributed by atoms with Crippen molar-refractivity contribution in [3.05, 3.63) is 0 Å². The molecule has 0 heterocycles. The second-order valence-corrected chi connectivity index (χ2v) is 3.40. The Balaban J connectivity index is 3.37. The first-order chi connectivity index (χ1) is 4.95. The van der Waals surface area contributed by atoms with Gasteiger partial charge in [0.1, 0.15) is 0 Å². The smallest absolute Gasteiger partial charge is 0.0658 e. The zero-order chi connectivity index (χ0) is 8.91. The Morgan fingerprint density at radius 3 is 2.55 bits per heavy atom. The Hall–Kier alpha value is -0.520. The Labute approximate surface area is 69.0 Å². The first-order valence-electron chi connectivity index (χ1n) is 3.87. The van der Waals surface area contributed by atoms with Crippen molar-refractivity contribution in [1.82, 2.24) is 5.32 Å². The van der Waals surface area contributed by atoms with Crippen molar-refractivity contribution in [1.29, 1.82) is 0 Å². The minimum atomic E-state index is -0.596. The van der Waals surface area contributed by atoms with E-state index in [9.17, 15) is 5.11 Å². The summed E-state index contributed by atoms with van der Waals surface area (Å²) in [5.74, 6) is 2.56. The molecule has 0 aliphatic rings. The van der Waals surface area contributed by atoms with Gasteiger partial charge < -0.3 is 10.4 Å². The SMILES string of the molecule is C#CC(C)NCCC(C)(C)O. The highest BCUT2D eigenvalue weighted by Crippen LogP contribution is 2.04. The maximum absolute atomic E-state index is 9.31. The predicted octanol–water partition coefficient (Wildman–Crippen LogP) is 0.759. The van der Waals surface area contributed by atoms with Gasteiger partial charge in [-0.3, -0.25) is 0 Å². The van der Waals surface area contributed by atoms with E-state index in [2.05, 4.69) is 11.2 Å². The van der Waals surface area contributed by atoms with Gasteiger partial charge in [0.05, 0.1) is 11.6 Å². The first kappa shape index (κ1) is 10.5. The van der Waals surface area contributed by atoms with Crippen LogP contribution in [0.25, 0.3) is 0 Å². The highest BCUT2D eigenvalue weighted by Gasteiger charge is 2.11. The third kappa shape index (κ3) is 7.38. The molecule has 0 spiro atoms. The average Bonchev–Trinajstić information content (AvgIpc) is 1.85. The van der Waals surface area contributed by atoms with Crippen LogP contribution >= 0.6 is 0 Å². The van der Waals surface area contributed by atoms with Crippen LogP contribution in [0.2, 0.25) is 0 Å². The quantitative estimate of drug-likeness (QED) is 0.587. The number of nitrogens with one attached hydrogen (secondary N) is 1. The van der Waals surface area contributed by atoms with Crippen LogP contribution in [0.5, 0.6) is 0 Å². The van der Waals surface area contributed by atoms with Crippen LogP contribution in [0.3, 0.4) is 0 Å². The molecule has 2 nitrogen and oxygen atoms in total. The van der Waals surface area contributed by atoms with Gasteiger partial charge in [-0.1, -0.05) is 5.92 Å². The molecular formula is C9H17NO. The van der Waals surface area contributed by atoms with Gasteiger partial charge in [-0.2, -0.15) is 0 Å². The monoisotopic (exact) mass is 155 g/mol. The van der Waals surface area contributed by atoms with Gasteiger partial charge in [-0.15, -0.1) is 6.42 Å². The molecule has 64 valence electrons. The van der Waals surface area contributed by atoms with Gasteiger partial charge in [0, 0.05) is 0 Å². The molecule has 0 aliphatic carbocycles. The molecule has 0 aromatic heterocycles. The van der Waals surface area contributed by atoms with E-state index in [0.29, 0.717) is 0 Å². The van der Waals surface area contributed by atoms with Gasteiger partial charge in [-0.05, 0) is 33.7 Å². The number of hydrogen-bond acceptors (Lipinski definition) is 2. The molecule has 0 saturated heterocycles. The van der Waals surface area contributed by atoms with Crippen molar-refractivity contribution in [3.8, 4) is 12.3 Å². The zero-order valence-corrected chi connectivity index (χ0v) is 7.52. The highest BCUT2D eigenvalue weighted by atomic mass is 16.3. The van der Waals surface area contributed by atoms with Gasteiger partial charge in [-0.25, -0.2) is 0 Å². The second-order valence-electron chi connectivity index (χ2n) is 3.40. The average molecular weight is 155 g/mol. The molecule has 0 aromatic carbocycles. The molecule has 1 atom stereocenters. The first-order valence-corrected chi connectivity index (χ1v) is 3.87. The Bertz CT molecular complexity index is 141. The molecule has 2 heteroatoms. The van der Waals surface area contributed by atoms with E-state index in [1.807, 2.05) is 6.92 Å². The molecule has 0 aromatic rings. The van der Waals surface area contributed by atoms with E-state index in [1.165, 1.54) is 0 Å². The van der Waals surface area contributed by atoms with Crippen molar-refractivity contribution >= 4 is 0 Å². The van der Waals surface area contributed by atoms with Crippen LogP contribution in [0.15, 0.2) is 0 Å². The molecule has 0 amide bonds. The molecular weight excluding hydrogens is 138 g/mol. The van der Waals surface area contributed by atoms with E-state index < -0.39 is 5.60 Å². The minimum Gasteiger partial charge on any atom is -0.390 e. The van der Waals surface area contributed by atoms with Gasteiger partial charge in [0.2, 0.25) is 0 Å². The normalized spacial score (nSPS) is 14.1. The fourth-order valence-corrected chi connectivity index (χ4v) is 0.654. The van der Waals surface area contributed by atoms with E-state index in [-0.39, 0.29) is 6.04 Å². The van der Waals surface area contributed by atoms with E-state index in [1.54, 1.807) is 13.8 Å². The van der Waals surface area contributed by atoms with Crippen molar-refractivity contribution in [2.75, 3.05) is 6.54 Å². The van der Waals surface area contributed by atoms with Gasteiger partial charge >= 0.3 is 0 Å². The highest BCUT2D eigenvalue weighted by molar-refractivity contribution is 4.95. The fraction of sp³-hybridized carbons (Fsp3) is 0.778. The molecule has 11 heavy (non-hydrogen) atoms. The van der Waals surface area contributed by atoms with Crippen LogP contribution in [0.4, 0.5) is 0 Å². The van der Waals surface area contributed by atoms with Crippen molar-refractivity contribution in [3.63, 3.8) is 0 Å². The number of hydrogen-bond donors (Lipinski definition) is 2. The van der Waals surface area contributed by atoms with Gasteiger partial charge in [0.15, 0.2) is 0 Å². The lowest BCUT2D eigenvalue weighted by Gasteiger charge is -2.17. The molecule has 0 radical (unpaired) electrons. The summed E-state index contributed by atoms with van der Waals surface area (Å²) in [6, 6.07) is 0.0948. The topological polar surface area (TPSA) is 32.3 Å². The molecule has 0 aliphatic heterocycles. The van der Waals surface area contributed by atoms with Crippen LogP contribution in [-0.4, -0.2) is 23.3 Å². The summed E-state index contributed by atoms with van der Waals surface area (Å²) < 4.78 is 0. The number of terminal acetylenes is 1. The Kier molecular flexibility index (Phi) is 4.17. The molecule has 0 rings (SSSR count). The summed E-state index contributed by atoms with van der Waals surface area (Å²) >= 11 is 0. The summed E-state index contributed by atoms with van der Waals surface area (Å²) in [6.45, 7) is 6.25. The van der Waals surface area contributed by atoms with Crippen molar-refractivity contribution < 1.29 is 5.11 Å². The standard InChI is InChI=1S/C9H17NO/c1-5-8(2)10-7-6-9(3,4)11/h1,8,10-11H,6-7H2,2-4H3. The lowest BCUT2D eigenvalue weighted by Crippen LogP contribution is -2.31. The second kappa shape index (κ2) is 4.38. The molecule has 2 N–H and O–H groups in total. The summed E-state index contributed by atoms with van der Waals surface area (Å²) in [4.78, 5) is 0. The van der Waals surface area contributed by atoms with E-state index >= 15 is 0 Å². The molecule has 0 bridgehead atoms. The third-order valence-corrected chi connectivity index (χ3v) is 1.44. The largest absolute Gasteiger partial charge is 0.390 e. The van der Waals surface area contributed by atoms with Gasteiger partial charge in [0.25, 0.3) is 0 Å². The van der Waals surface area contributed by atoms with Crippen LogP contribution in [0, 0.1) is 12.3 Å². The summed E-state index contributed by atoms with van der Waals surface area (Å²) in [5.41, 5.74) is -0.596. The Morgan fingerprint density at radius 2 is 2.18 bits per heavy atom. The summed E-state index contributed by atoms with van der Waals surface area (Å²) in [6.07, 6.45) is 5.87. The molecule has 0 saturated carbocycles. The lowest BCUT2D eigenvalue weighted by atomic mass is 10.1. The fourth-order valence-electron chi connectivity index (χ4n) is 0.654. The van der Waals surface area contributed by atoms with Crippen molar-refractivity contribution in [2.24, 2.45) is 0 Å². The lowest BCUT2D eigenvalue weighted by molar-refractivity contribution is 0.0710. The summed E-state index contributed by atoms with van der Waals surface area (Å²) in [5, 5.41) is 12.4. The minimum absolute atomic E-state index is 0.0948. The maximum Gasteiger partial charge on any atom is 0.0658 e.